The number of halogens is 1. The average molecular weight is 452 g/mol. The summed E-state index contributed by atoms with van der Waals surface area (Å²) in [5, 5.41) is 0.699. The smallest absolute Gasteiger partial charge is 0.265 e. The summed E-state index contributed by atoms with van der Waals surface area (Å²) in [5.41, 5.74) is 3.34. The number of aryl methyl sites for hydroxylation is 1. The predicted molar refractivity (Wildman–Crippen MR) is 125 cm³/mol. The molecule has 2 amide bonds. The molecule has 0 saturated carbocycles. The van der Waals surface area contributed by atoms with Gasteiger partial charge in [0.2, 0.25) is 0 Å². The summed E-state index contributed by atoms with van der Waals surface area (Å²) < 4.78 is 13.2. The van der Waals surface area contributed by atoms with E-state index >= 15 is 0 Å². The number of hydrogen-bond donors (Lipinski definition) is 0. The third-order valence-corrected chi connectivity index (χ3v) is 6.95. The van der Waals surface area contributed by atoms with Gasteiger partial charge in [0.25, 0.3) is 11.8 Å². The summed E-state index contributed by atoms with van der Waals surface area (Å²) in [6, 6.07) is 13.9. The molecule has 0 N–H and O–H groups in total. The quantitative estimate of drug-likeness (QED) is 0.562. The van der Waals surface area contributed by atoms with Crippen molar-refractivity contribution in [2.45, 2.75) is 26.7 Å². The van der Waals surface area contributed by atoms with Gasteiger partial charge in [0.1, 0.15) is 15.7 Å². The topological polar surface area (TPSA) is 53.5 Å². The Morgan fingerprint density at radius 1 is 0.906 bits per heavy atom. The van der Waals surface area contributed by atoms with Gasteiger partial charge >= 0.3 is 0 Å². The van der Waals surface area contributed by atoms with E-state index in [1.165, 1.54) is 29.0 Å². The average Bonchev–Trinajstić information content (AvgIpc) is 3.20. The van der Waals surface area contributed by atoms with E-state index in [-0.39, 0.29) is 17.6 Å². The van der Waals surface area contributed by atoms with E-state index < -0.39 is 0 Å². The highest BCUT2D eigenvalue weighted by Crippen LogP contribution is 2.29. The Labute approximate surface area is 191 Å². The van der Waals surface area contributed by atoms with Gasteiger partial charge in [0.05, 0.1) is 5.69 Å². The largest absolute Gasteiger partial charge is 0.335 e. The minimum atomic E-state index is -0.304. The van der Waals surface area contributed by atoms with Crippen LogP contribution >= 0.6 is 11.3 Å². The molecular weight excluding hydrogens is 425 g/mol. The molecule has 2 aromatic carbocycles. The molecular formula is C25H26FN3O2S. The molecule has 0 unspecified atom stereocenters. The van der Waals surface area contributed by atoms with Gasteiger partial charge in [0.15, 0.2) is 0 Å². The Balaban J connectivity index is 1.40. The van der Waals surface area contributed by atoms with Gasteiger partial charge in [0, 0.05) is 37.3 Å². The zero-order chi connectivity index (χ0) is 22.8. The van der Waals surface area contributed by atoms with Crippen molar-refractivity contribution in [3.8, 4) is 10.6 Å². The monoisotopic (exact) mass is 451 g/mol. The lowest BCUT2D eigenvalue weighted by atomic mass is 10.0. The molecule has 1 aliphatic heterocycles. The molecule has 3 aromatic rings. The SMILES string of the molecule is Cc1nc(-c2ccc(F)cc2)sc1C(=O)N1CCN(C(=O)c2ccc(C(C)C)cc2)CC1. The first kappa shape index (κ1) is 22.1. The molecule has 1 aliphatic rings. The van der Waals surface area contributed by atoms with Crippen LogP contribution in [0.3, 0.4) is 0 Å². The van der Waals surface area contributed by atoms with Crippen LogP contribution < -0.4 is 0 Å². The van der Waals surface area contributed by atoms with E-state index in [1.54, 1.807) is 21.9 Å². The normalized spacial score (nSPS) is 14.2. The lowest BCUT2D eigenvalue weighted by Gasteiger charge is -2.34. The van der Waals surface area contributed by atoms with Crippen molar-refractivity contribution in [1.82, 2.24) is 14.8 Å². The number of hydrogen-bond acceptors (Lipinski definition) is 4. The predicted octanol–water partition coefficient (Wildman–Crippen LogP) is 4.98. The summed E-state index contributed by atoms with van der Waals surface area (Å²) in [6.45, 7) is 8.03. The van der Waals surface area contributed by atoms with Crippen molar-refractivity contribution in [2.75, 3.05) is 26.2 Å². The zero-order valence-corrected chi connectivity index (χ0v) is 19.3. The Morgan fingerprint density at radius 2 is 1.47 bits per heavy atom. The van der Waals surface area contributed by atoms with E-state index in [4.69, 9.17) is 0 Å². The fraction of sp³-hybridized carbons (Fsp3) is 0.320. The van der Waals surface area contributed by atoms with Crippen molar-refractivity contribution < 1.29 is 14.0 Å². The molecule has 0 aliphatic carbocycles. The third-order valence-electron chi connectivity index (χ3n) is 5.76. The number of carbonyl (C=O) groups is 2. The summed E-state index contributed by atoms with van der Waals surface area (Å²) in [6.07, 6.45) is 0. The highest BCUT2D eigenvalue weighted by atomic mass is 32.1. The molecule has 0 spiro atoms. The molecule has 1 fully saturated rings. The highest BCUT2D eigenvalue weighted by molar-refractivity contribution is 7.17. The van der Waals surface area contributed by atoms with Gasteiger partial charge in [-0.3, -0.25) is 9.59 Å². The maximum absolute atomic E-state index is 13.2. The minimum Gasteiger partial charge on any atom is -0.335 e. The number of piperazine rings is 1. The van der Waals surface area contributed by atoms with Crippen LogP contribution in [0.4, 0.5) is 4.39 Å². The van der Waals surface area contributed by atoms with Crippen molar-refractivity contribution >= 4 is 23.2 Å². The van der Waals surface area contributed by atoms with Crippen LogP contribution in [0, 0.1) is 12.7 Å². The lowest BCUT2D eigenvalue weighted by molar-refractivity contribution is 0.0537. The summed E-state index contributed by atoms with van der Waals surface area (Å²) in [5.74, 6) is 0.0517. The van der Waals surface area contributed by atoms with E-state index in [1.807, 2.05) is 31.2 Å². The van der Waals surface area contributed by atoms with Gasteiger partial charge in [-0.05, 0) is 54.8 Å². The van der Waals surface area contributed by atoms with E-state index in [9.17, 15) is 14.0 Å². The molecule has 0 atom stereocenters. The Bertz CT molecular complexity index is 1120. The first-order valence-corrected chi connectivity index (χ1v) is 11.6. The number of amides is 2. The molecule has 32 heavy (non-hydrogen) atoms. The fourth-order valence-corrected chi connectivity index (χ4v) is 4.80. The maximum atomic E-state index is 13.2. The summed E-state index contributed by atoms with van der Waals surface area (Å²) in [4.78, 5) is 34.6. The fourth-order valence-electron chi connectivity index (χ4n) is 3.76. The van der Waals surface area contributed by atoms with Crippen LogP contribution in [0.25, 0.3) is 10.6 Å². The van der Waals surface area contributed by atoms with E-state index in [0.29, 0.717) is 53.2 Å². The number of nitrogens with zero attached hydrogens (tertiary/aromatic N) is 3. The first-order valence-electron chi connectivity index (χ1n) is 10.8. The van der Waals surface area contributed by atoms with Crippen molar-refractivity contribution in [3.05, 3.63) is 76.0 Å². The second kappa shape index (κ2) is 9.20. The van der Waals surface area contributed by atoms with Crippen molar-refractivity contribution in [3.63, 3.8) is 0 Å². The Kier molecular flexibility index (Phi) is 6.37. The molecule has 7 heteroatoms. The van der Waals surface area contributed by atoms with Crippen LogP contribution in [0.2, 0.25) is 0 Å². The third kappa shape index (κ3) is 4.58. The maximum Gasteiger partial charge on any atom is 0.265 e. The number of rotatable bonds is 4. The van der Waals surface area contributed by atoms with E-state index in [2.05, 4.69) is 18.8 Å². The van der Waals surface area contributed by atoms with Crippen molar-refractivity contribution in [1.29, 1.82) is 0 Å². The second-order valence-electron chi connectivity index (χ2n) is 8.30. The van der Waals surface area contributed by atoms with Gasteiger partial charge in [-0.1, -0.05) is 26.0 Å². The van der Waals surface area contributed by atoms with Crippen LogP contribution in [-0.4, -0.2) is 52.8 Å². The Hall–Kier alpha value is -3.06. The molecule has 5 nitrogen and oxygen atoms in total. The van der Waals surface area contributed by atoms with Crippen LogP contribution in [0.1, 0.15) is 51.1 Å². The van der Waals surface area contributed by atoms with Crippen LogP contribution in [0.5, 0.6) is 0 Å². The molecule has 4 rings (SSSR count). The van der Waals surface area contributed by atoms with Gasteiger partial charge in [-0.15, -0.1) is 11.3 Å². The number of thiazole rings is 1. The van der Waals surface area contributed by atoms with Crippen LogP contribution in [0.15, 0.2) is 48.5 Å². The molecule has 1 saturated heterocycles. The number of benzene rings is 2. The highest BCUT2D eigenvalue weighted by Gasteiger charge is 2.28. The van der Waals surface area contributed by atoms with Gasteiger partial charge in [-0.25, -0.2) is 9.37 Å². The number of aromatic nitrogens is 1. The summed E-state index contributed by atoms with van der Waals surface area (Å²) in [7, 11) is 0. The molecule has 0 bridgehead atoms. The van der Waals surface area contributed by atoms with Crippen LogP contribution in [-0.2, 0) is 0 Å². The first-order chi connectivity index (χ1) is 15.3. The molecule has 1 aromatic heterocycles. The van der Waals surface area contributed by atoms with Gasteiger partial charge in [-0.2, -0.15) is 0 Å². The number of carbonyl (C=O) groups excluding carboxylic acids is 2. The molecule has 2 heterocycles. The lowest BCUT2D eigenvalue weighted by Crippen LogP contribution is -2.50. The molecule has 166 valence electrons. The van der Waals surface area contributed by atoms with Crippen molar-refractivity contribution in [2.24, 2.45) is 0 Å². The minimum absolute atomic E-state index is 0.0000259. The molecule has 0 radical (unpaired) electrons. The summed E-state index contributed by atoms with van der Waals surface area (Å²) >= 11 is 1.32. The standard InChI is InChI=1S/C25H26FN3O2S/c1-16(2)18-4-6-20(7-5-18)24(30)28-12-14-29(15-13-28)25(31)22-17(3)27-23(32-22)19-8-10-21(26)11-9-19/h4-11,16H,12-15H2,1-3H3. The zero-order valence-electron chi connectivity index (χ0n) is 18.5. The van der Waals surface area contributed by atoms with Gasteiger partial charge < -0.3 is 9.80 Å². The second-order valence-corrected chi connectivity index (χ2v) is 9.30. The van der Waals surface area contributed by atoms with E-state index in [0.717, 1.165) is 5.56 Å². The Morgan fingerprint density at radius 3 is 2.03 bits per heavy atom.